The van der Waals surface area contributed by atoms with E-state index in [0.29, 0.717) is 12.3 Å². The van der Waals surface area contributed by atoms with Crippen molar-refractivity contribution in [1.82, 2.24) is 10.2 Å². The second-order valence-corrected chi connectivity index (χ2v) is 7.00. The Morgan fingerprint density at radius 1 is 1.19 bits per heavy atom. The molecule has 1 saturated heterocycles. The number of nitrogens with one attached hydrogen (secondary N) is 1. The van der Waals surface area contributed by atoms with Crippen LogP contribution in [0.5, 0.6) is 0 Å². The van der Waals surface area contributed by atoms with Crippen LogP contribution in [0.4, 0.5) is 0 Å². The van der Waals surface area contributed by atoms with E-state index in [9.17, 15) is 9.59 Å². The number of hydrogen-bond acceptors (Lipinski definition) is 2. The molecule has 2 atom stereocenters. The fraction of sp³-hybridized carbons (Fsp3) is 0.882. The van der Waals surface area contributed by atoms with Crippen LogP contribution in [0, 0.1) is 11.8 Å². The molecule has 21 heavy (non-hydrogen) atoms. The summed E-state index contributed by atoms with van der Waals surface area (Å²) in [6.45, 7) is 5.80. The van der Waals surface area contributed by atoms with E-state index in [1.165, 1.54) is 0 Å². The quantitative estimate of drug-likeness (QED) is 0.851. The van der Waals surface area contributed by atoms with Gasteiger partial charge in [-0.1, -0.05) is 26.7 Å². The zero-order valence-electron chi connectivity index (χ0n) is 13.6. The van der Waals surface area contributed by atoms with E-state index < -0.39 is 0 Å². The molecule has 2 fully saturated rings. The molecular formula is C17H30N2O2. The van der Waals surface area contributed by atoms with Gasteiger partial charge in [0, 0.05) is 25.6 Å². The van der Waals surface area contributed by atoms with Gasteiger partial charge in [-0.25, -0.2) is 0 Å². The number of hydrogen-bond donors (Lipinski definition) is 1. The molecule has 0 aromatic heterocycles. The van der Waals surface area contributed by atoms with Gasteiger partial charge in [0.25, 0.3) is 0 Å². The summed E-state index contributed by atoms with van der Waals surface area (Å²) in [5, 5.41) is 3.07. The Labute approximate surface area is 128 Å². The zero-order chi connectivity index (χ0) is 15.2. The molecule has 2 amide bonds. The van der Waals surface area contributed by atoms with Crippen LogP contribution >= 0.6 is 0 Å². The van der Waals surface area contributed by atoms with E-state index in [1.807, 2.05) is 0 Å². The van der Waals surface area contributed by atoms with E-state index >= 15 is 0 Å². The van der Waals surface area contributed by atoms with Gasteiger partial charge in [-0.15, -0.1) is 0 Å². The van der Waals surface area contributed by atoms with Gasteiger partial charge in [0.1, 0.15) is 0 Å². The van der Waals surface area contributed by atoms with Crippen molar-refractivity contribution in [1.29, 1.82) is 0 Å². The lowest BCUT2D eigenvalue weighted by molar-refractivity contribution is -0.139. The van der Waals surface area contributed by atoms with Crippen molar-refractivity contribution in [3.05, 3.63) is 0 Å². The highest BCUT2D eigenvalue weighted by Gasteiger charge is 2.36. The first-order valence-corrected chi connectivity index (χ1v) is 8.66. The maximum absolute atomic E-state index is 12.6. The molecule has 1 heterocycles. The molecular weight excluding hydrogens is 264 g/mol. The smallest absolute Gasteiger partial charge is 0.225 e. The SMILES string of the molecule is CC(C)CC(=O)N1CCCCCNC(=O)[C@@H]2CCCC[C@@H]21. The molecule has 0 spiro atoms. The molecule has 0 aromatic rings. The Balaban J connectivity index is 2.15. The largest absolute Gasteiger partial charge is 0.356 e. The summed E-state index contributed by atoms with van der Waals surface area (Å²) in [4.78, 5) is 27.1. The van der Waals surface area contributed by atoms with Gasteiger partial charge in [-0.05, 0) is 38.0 Å². The van der Waals surface area contributed by atoms with Crippen molar-refractivity contribution >= 4 is 11.8 Å². The van der Waals surface area contributed by atoms with Crippen LogP contribution in [0.3, 0.4) is 0 Å². The summed E-state index contributed by atoms with van der Waals surface area (Å²) < 4.78 is 0. The summed E-state index contributed by atoms with van der Waals surface area (Å²) in [6.07, 6.45) is 7.94. The van der Waals surface area contributed by atoms with Gasteiger partial charge in [0.15, 0.2) is 0 Å². The van der Waals surface area contributed by atoms with Gasteiger partial charge >= 0.3 is 0 Å². The third-order valence-corrected chi connectivity index (χ3v) is 4.74. The number of amides is 2. The van der Waals surface area contributed by atoms with Gasteiger partial charge in [0.2, 0.25) is 11.8 Å². The normalized spacial score (nSPS) is 28.0. The highest BCUT2D eigenvalue weighted by Crippen LogP contribution is 2.30. The number of carbonyl (C=O) groups is 2. The van der Waals surface area contributed by atoms with Crippen LogP contribution < -0.4 is 5.32 Å². The molecule has 1 N–H and O–H groups in total. The molecule has 1 aliphatic carbocycles. The van der Waals surface area contributed by atoms with E-state index in [2.05, 4.69) is 24.1 Å². The molecule has 0 radical (unpaired) electrons. The number of rotatable bonds is 2. The molecule has 0 bridgehead atoms. The minimum absolute atomic E-state index is 0.00737. The van der Waals surface area contributed by atoms with Crippen LogP contribution in [0.1, 0.15) is 65.2 Å². The van der Waals surface area contributed by atoms with E-state index in [1.54, 1.807) is 0 Å². The van der Waals surface area contributed by atoms with Crippen LogP contribution in [0.2, 0.25) is 0 Å². The third kappa shape index (κ3) is 4.45. The van der Waals surface area contributed by atoms with Gasteiger partial charge in [0.05, 0.1) is 5.92 Å². The Morgan fingerprint density at radius 2 is 1.95 bits per heavy atom. The molecule has 4 nitrogen and oxygen atoms in total. The first kappa shape index (κ1) is 16.3. The summed E-state index contributed by atoms with van der Waals surface area (Å²) in [5.74, 6) is 0.802. The summed E-state index contributed by atoms with van der Waals surface area (Å²) >= 11 is 0. The highest BCUT2D eigenvalue weighted by atomic mass is 16.2. The predicted molar refractivity (Wildman–Crippen MR) is 83.8 cm³/mol. The van der Waals surface area contributed by atoms with Crippen LogP contribution in [-0.2, 0) is 9.59 Å². The molecule has 4 heteroatoms. The van der Waals surface area contributed by atoms with E-state index in [0.717, 1.165) is 58.0 Å². The standard InChI is InChI=1S/C17H30N2O2/c1-13(2)12-16(20)19-11-7-3-6-10-18-17(21)14-8-4-5-9-15(14)19/h13-15H,3-12H2,1-2H3,(H,18,21)/t14-,15+/m1/s1. The summed E-state index contributed by atoms with van der Waals surface area (Å²) in [7, 11) is 0. The predicted octanol–water partition coefficient (Wildman–Crippen LogP) is 2.72. The van der Waals surface area contributed by atoms with Crippen LogP contribution in [0.15, 0.2) is 0 Å². The van der Waals surface area contributed by atoms with Crippen molar-refractivity contribution in [2.75, 3.05) is 13.1 Å². The first-order valence-electron chi connectivity index (χ1n) is 8.66. The van der Waals surface area contributed by atoms with E-state index in [4.69, 9.17) is 0 Å². The van der Waals surface area contributed by atoms with Crippen molar-refractivity contribution in [2.45, 2.75) is 71.3 Å². The lowest BCUT2D eigenvalue weighted by Gasteiger charge is -2.40. The minimum Gasteiger partial charge on any atom is -0.356 e. The van der Waals surface area contributed by atoms with Crippen LogP contribution in [0.25, 0.3) is 0 Å². The molecule has 1 aliphatic heterocycles. The fourth-order valence-electron chi connectivity index (χ4n) is 3.66. The summed E-state index contributed by atoms with van der Waals surface area (Å²) in [6, 6.07) is 0.128. The summed E-state index contributed by atoms with van der Waals surface area (Å²) in [5.41, 5.74) is 0. The highest BCUT2D eigenvalue weighted by molar-refractivity contribution is 5.82. The van der Waals surface area contributed by atoms with Crippen molar-refractivity contribution < 1.29 is 9.59 Å². The van der Waals surface area contributed by atoms with Crippen molar-refractivity contribution in [3.8, 4) is 0 Å². The average molecular weight is 294 g/mol. The lowest BCUT2D eigenvalue weighted by Crippen LogP contribution is -2.51. The second kappa shape index (κ2) is 7.81. The molecule has 120 valence electrons. The first-order chi connectivity index (χ1) is 10.1. The third-order valence-electron chi connectivity index (χ3n) is 4.74. The van der Waals surface area contributed by atoms with Gasteiger partial charge < -0.3 is 10.2 Å². The number of fused-ring (bicyclic) bond motifs is 1. The second-order valence-electron chi connectivity index (χ2n) is 7.00. The molecule has 2 aliphatic rings. The van der Waals surface area contributed by atoms with Crippen LogP contribution in [-0.4, -0.2) is 35.8 Å². The zero-order valence-corrected chi connectivity index (χ0v) is 13.6. The lowest BCUT2D eigenvalue weighted by atomic mass is 9.82. The number of carbonyl (C=O) groups excluding carboxylic acids is 2. The maximum atomic E-state index is 12.6. The Hall–Kier alpha value is -1.06. The van der Waals surface area contributed by atoms with Gasteiger partial charge in [-0.2, -0.15) is 0 Å². The maximum Gasteiger partial charge on any atom is 0.225 e. The minimum atomic E-state index is 0.00737. The van der Waals surface area contributed by atoms with E-state index in [-0.39, 0.29) is 23.8 Å². The monoisotopic (exact) mass is 294 g/mol. The van der Waals surface area contributed by atoms with Crippen molar-refractivity contribution in [3.63, 3.8) is 0 Å². The molecule has 0 aromatic carbocycles. The molecule has 0 unspecified atom stereocenters. The topological polar surface area (TPSA) is 49.4 Å². The Kier molecular flexibility index (Phi) is 6.07. The Morgan fingerprint density at radius 3 is 2.71 bits per heavy atom. The molecule has 2 rings (SSSR count). The molecule has 1 saturated carbocycles. The number of nitrogens with zero attached hydrogens (tertiary/aromatic N) is 1. The Bertz CT molecular complexity index is 368. The fourth-order valence-corrected chi connectivity index (χ4v) is 3.66. The average Bonchev–Trinajstić information content (AvgIpc) is 2.45. The van der Waals surface area contributed by atoms with Gasteiger partial charge in [-0.3, -0.25) is 9.59 Å². The van der Waals surface area contributed by atoms with Crippen molar-refractivity contribution in [2.24, 2.45) is 11.8 Å².